The molecule has 2 rings (SSSR count). The molecule has 0 spiro atoms. The van der Waals surface area contributed by atoms with E-state index in [9.17, 15) is 9.18 Å². The molecule has 3 N–H and O–H groups in total. The van der Waals surface area contributed by atoms with Crippen molar-refractivity contribution in [3.8, 4) is 0 Å². The van der Waals surface area contributed by atoms with Gasteiger partial charge in [-0.05, 0) is 30.3 Å². The molecule has 2 aromatic rings. The van der Waals surface area contributed by atoms with Crippen molar-refractivity contribution < 1.29 is 13.6 Å². The van der Waals surface area contributed by atoms with Gasteiger partial charge in [-0.3, -0.25) is 4.79 Å². The van der Waals surface area contributed by atoms with Gasteiger partial charge in [-0.25, -0.2) is 4.39 Å². The van der Waals surface area contributed by atoms with Gasteiger partial charge in [-0.2, -0.15) is 0 Å². The number of amides is 1. The standard InChI is InChI=1S/C13H13FN2O2/c1-2-9-4-6-12(18-9)13(17)16-11-5-3-8(14)7-10(11)15/h3-7H,2,15H2,1H3,(H,16,17). The normalized spacial score (nSPS) is 10.3. The van der Waals surface area contributed by atoms with Crippen LogP contribution in [0.2, 0.25) is 0 Å². The van der Waals surface area contributed by atoms with Gasteiger partial charge >= 0.3 is 0 Å². The minimum atomic E-state index is -0.447. The van der Waals surface area contributed by atoms with E-state index >= 15 is 0 Å². The van der Waals surface area contributed by atoms with E-state index in [0.29, 0.717) is 12.1 Å². The van der Waals surface area contributed by atoms with Crippen LogP contribution in [0, 0.1) is 5.82 Å². The van der Waals surface area contributed by atoms with Crippen molar-refractivity contribution in [2.75, 3.05) is 11.1 Å². The van der Waals surface area contributed by atoms with E-state index in [0.717, 1.165) is 11.8 Å². The van der Waals surface area contributed by atoms with E-state index in [4.69, 9.17) is 10.2 Å². The number of halogens is 1. The average Bonchev–Trinajstić information content (AvgIpc) is 2.81. The molecule has 0 atom stereocenters. The van der Waals surface area contributed by atoms with Gasteiger partial charge in [0.1, 0.15) is 11.6 Å². The van der Waals surface area contributed by atoms with Crippen molar-refractivity contribution in [2.45, 2.75) is 13.3 Å². The number of benzene rings is 1. The summed E-state index contributed by atoms with van der Waals surface area (Å²) < 4.78 is 18.1. The lowest BCUT2D eigenvalue weighted by Crippen LogP contribution is -2.12. The zero-order valence-electron chi connectivity index (χ0n) is 9.87. The van der Waals surface area contributed by atoms with E-state index in [1.165, 1.54) is 12.1 Å². The summed E-state index contributed by atoms with van der Waals surface area (Å²) in [6, 6.07) is 7.11. The molecule has 0 bridgehead atoms. The number of carbonyl (C=O) groups excluding carboxylic acids is 1. The third-order valence-corrected chi connectivity index (χ3v) is 2.50. The van der Waals surface area contributed by atoms with Crippen LogP contribution in [0.5, 0.6) is 0 Å². The first-order valence-electron chi connectivity index (χ1n) is 5.55. The zero-order valence-corrected chi connectivity index (χ0v) is 9.87. The molecular formula is C13H13FN2O2. The monoisotopic (exact) mass is 248 g/mol. The van der Waals surface area contributed by atoms with Crippen LogP contribution < -0.4 is 11.1 Å². The van der Waals surface area contributed by atoms with Crippen molar-refractivity contribution in [2.24, 2.45) is 0 Å². The molecular weight excluding hydrogens is 235 g/mol. The topological polar surface area (TPSA) is 68.3 Å². The Balaban J connectivity index is 2.16. The Labute approximate surface area is 104 Å². The van der Waals surface area contributed by atoms with Gasteiger partial charge < -0.3 is 15.5 Å². The van der Waals surface area contributed by atoms with Crippen LogP contribution >= 0.6 is 0 Å². The first-order chi connectivity index (χ1) is 8.60. The number of nitrogen functional groups attached to an aromatic ring is 1. The fourth-order valence-electron chi connectivity index (χ4n) is 1.52. The molecule has 1 heterocycles. The first-order valence-corrected chi connectivity index (χ1v) is 5.55. The fourth-order valence-corrected chi connectivity index (χ4v) is 1.52. The number of rotatable bonds is 3. The van der Waals surface area contributed by atoms with Crippen LogP contribution in [-0.4, -0.2) is 5.91 Å². The summed E-state index contributed by atoms with van der Waals surface area (Å²) in [7, 11) is 0. The summed E-state index contributed by atoms with van der Waals surface area (Å²) in [5, 5.41) is 2.57. The van der Waals surface area contributed by atoms with Gasteiger partial charge in [-0.15, -0.1) is 0 Å². The zero-order chi connectivity index (χ0) is 13.1. The molecule has 18 heavy (non-hydrogen) atoms. The molecule has 0 radical (unpaired) electrons. The Morgan fingerprint density at radius 1 is 1.39 bits per heavy atom. The van der Waals surface area contributed by atoms with Crippen LogP contribution in [0.3, 0.4) is 0 Å². The van der Waals surface area contributed by atoms with Crippen LogP contribution in [0.1, 0.15) is 23.2 Å². The van der Waals surface area contributed by atoms with Gasteiger partial charge in [0, 0.05) is 6.42 Å². The Kier molecular flexibility index (Phi) is 3.32. The van der Waals surface area contributed by atoms with Gasteiger partial charge in [0.05, 0.1) is 11.4 Å². The largest absolute Gasteiger partial charge is 0.456 e. The van der Waals surface area contributed by atoms with Crippen LogP contribution in [0.15, 0.2) is 34.7 Å². The minimum absolute atomic E-state index is 0.172. The minimum Gasteiger partial charge on any atom is -0.456 e. The maximum atomic E-state index is 12.8. The second kappa shape index (κ2) is 4.91. The van der Waals surface area contributed by atoms with Crippen molar-refractivity contribution >= 4 is 17.3 Å². The number of hydrogen-bond acceptors (Lipinski definition) is 3. The van der Waals surface area contributed by atoms with Gasteiger partial charge in [0.15, 0.2) is 5.76 Å². The van der Waals surface area contributed by atoms with E-state index in [2.05, 4.69) is 5.32 Å². The lowest BCUT2D eigenvalue weighted by Gasteiger charge is -2.06. The molecule has 1 aromatic heterocycles. The van der Waals surface area contributed by atoms with E-state index in [-0.39, 0.29) is 11.4 Å². The quantitative estimate of drug-likeness (QED) is 0.820. The number of anilines is 2. The van der Waals surface area contributed by atoms with Crippen LogP contribution in [-0.2, 0) is 6.42 Å². The summed E-state index contributed by atoms with van der Waals surface area (Å²) in [6.45, 7) is 1.93. The van der Waals surface area contributed by atoms with Crippen molar-refractivity contribution in [1.82, 2.24) is 0 Å². The SMILES string of the molecule is CCc1ccc(C(=O)Nc2ccc(F)cc2N)o1. The smallest absolute Gasteiger partial charge is 0.291 e. The third kappa shape index (κ3) is 2.51. The first kappa shape index (κ1) is 12.2. The molecule has 0 aliphatic carbocycles. The molecule has 1 amide bonds. The van der Waals surface area contributed by atoms with Gasteiger partial charge in [-0.1, -0.05) is 6.92 Å². The predicted octanol–water partition coefficient (Wildman–Crippen LogP) is 2.82. The predicted molar refractivity (Wildman–Crippen MR) is 66.9 cm³/mol. The third-order valence-electron chi connectivity index (χ3n) is 2.50. The maximum Gasteiger partial charge on any atom is 0.291 e. The summed E-state index contributed by atoms with van der Waals surface area (Å²) in [5.74, 6) is 0.0765. The second-order valence-electron chi connectivity index (χ2n) is 3.81. The summed E-state index contributed by atoms with van der Waals surface area (Å²) in [5.41, 5.74) is 6.12. The van der Waals surface area contributed by atoms with Gasteiger partial charge in [0.2, 0.25) is 0 Å². The molecule has 4 nitrogen and oxygen atoms in total. The maximum absolute atomic E-state index is 12.8. The van der Waals surface area contributed by atoms with Gasteiger partial charge in [0.25, 0.3) is 5.91 Å². The Morgan fingerprint density at radius 3 is 2.78 bits per heavy atom. The number of hydrogen-bond donors (Lipinski definition) is 2. The lowest BCUT2D eigenvalue weighted by atomic mass is 10.2. The molecule has 1 aromatic carbocycles. The molecule has 94 valence electrons. The molecule has 0 fully saturated rings. The highest BCUT2D eigenvalue weighted by Crippen LogP contribution is 2.20. The average molecular weight is 248 g/mol. The molecule has 0 saturated carbocycles. The Hall–Kier alpha value is -2.30. The number of aryl methyl sites for hydroxylation is 1. The van der Waals surface area contributed by atoms with E-state index in [1.54, 1.807) is 12.1 Å². The number of nitrogens with one attached hydrogen (secondary N) is 1. The highest BCUT2D eigenvalue weighted by atomic mass is 19.1. The van der Waals surface area contributed by atoms with Crippen molar-refractivity contribution in [3.63, 3.8) is 0 Å². The fraction of sp³-hybridized carbons (Fsp3) is 0.154. The number of nitrogens with two attached hydrogens (primary N) is 1. The number of carbonyl (C=O) groups is 1. The second-order valence-corrected chi connectivity index (χ2v) is 3.81. The number of furan rings is 1. The molecule has 0 saturated heterocycles. The summed E-state index contributed by atoms with van der Waals surface area (Å²) in [6.07, 6.45) is 0.714. The Bertz CT molecular complexity index is 578. The highest BCUT2D eigenvalue weighted by Gasteiger charge is 2.12. The van der Waals surface area contributed by atoms with E-state index < -0.39 is 11.7 Å². The highest BCUT2D eigenvalue weighted by molar-refractivity contribution is 6.03. The van der Waals surface area contributed by atoms with Crippen LogP contribution in [0.25, 0.3) is 0 Å². The van der Waals surface area contributed by atoms with Crippen molar-refractivity contribution in [1.29, 1.82) is 0 Å². The van der Waals surface area contributed by atoms with E-state index in [1.807, 2.05) is 6.92 Å². The van der Waals surface area contributed by atoms with Crippen LogP contribution in [0.4, 0.5) is 15.8 Å². The molecule has 0 aliphatic heterocycles. The lowest BCUT2D eigenvalue weighted by molar-refractivity contribution is 0.0995. The Morgan fingerprint density at radius 2 is 2.17 bits per heavy atom. The molecule has 5 heteroatoms. The molecule has 0 aliphatic rings. The summed E-state index contributed by atoms with van der Waals surface area (Å²) >= 11 is 0. The van der Waals surface area contributed by atoms with Crippen molar-refractivity contribution in [3.05, 3.63) is 47.7 Å². The molecule has 0 unspecified atom stereocenters. The summed E-state index contributed by atoms with van der Waals surface area (Å²) in [4.78, 5) is 11.8.